The summed E-state index contributed by atoms with van der Waals surface area (Å²) in [6.45, 7) is 4.20. The van der Waals surface area contributed by atoms with Crippen LogP contribution in [0.15, 0.2) is 30.5 Å². The topological polar surface area (TPSA) is 38.9 Å². The van der Waals surface area contributed by atoms with Crippen LogP contribution < -0.4 is 5.73 Å². The molecule has 0 atom stereocenters. The Morgan fingerprint density at radius 1 is 1.19 bits per heavy atom. The molecule has 2 heteroatoms. The fraction of sp³-hybridized carbons (Fsp3) is 0.316. The molecule has 108 valence electrons. The van der Waals surface area contributed by atoms with Crippen molar-refractivity contribution in [2.75, 3.05) is 5.73 Å². The molecule has 0 bridgehead atoms. The van der Waals surface area contributed by atoms with Crippen LogP contribution in [-0.2, 0) is 12.8 Å². The maximum Gasteiger partial charge on any atom is 0.0451 e. The number of aryl methyl sites for hydroxylation is 2. The smallest absolute Gasteiger partial charge is 0.0451 e. The lowest BCUT2D eigenvalue weighted by Crippen LogP contribution is -1.99. The molecule has 1 aromatic heterocycles. The number of pyridine rings is 1. The van der Waals surface area contributed by atoms with Crippen LogP contribution in [0.4, 0.5) is 5.69 Å². The normalized spacial score (nSPS) is 13.8. The number of hydrogen-bond acceptors (Lipinski definition) is 2. The first-order chi connectivity index (χ1) is 10.2. The number of anilines is 1. The van der Waals surface area contributed by atoms with Crippen molar-refractivity contribution in [2.24, 2.45) is 0 Å². The molecule has 1 aliphatic carbocycles. The van der Waals surface area contributed by atoms with Crippen LogP contribution in [-0.4, -0.2) is 4.98 Å². The Labute approximate surface area is 126 Å². The van der Waals surface area contributed by atoms with E-state index in [0.717, 1.165) is 36.2 Å². The minimum absolute atomic E-state index is 0.960. The van der Waals surface area contributed by atoms with E-state index in [4.69, 9.17) is 5.73 Å². The second kappa shape index (κ2) is 5.72. The molecule has 2 N–H and O–H groups in total. The molecule has 0 radical (unpaired) electrons. The zero-order chi connectivity index (χ0) is 14.8. The van der Waals surface area contributed by atoms with E-state index >= 15 is 0 Å². The third kappa shape index (κ3) is 2.46. The molecule has 0 spiro atoms. The van der Waals surface area contributed by atoms with E-state index in [1.165, 1.54) is 28.7 Å². The molecule has 1 aliphatic rings. The molecule has 0 saturated carbocycles. The van der Waals surface area contributed by atoms with Crippen molar-refractivity contribution >= 4 is 11.8 Å². The summed E-state index contributed by atoms with van der Waals surface area (Å²) in [6, 6.07) is 6.50. The third-order valence-electron chi connectivity index (χ3n) is 4.33. The number of allylic oxidation sites excluding steroid dienone is 1. The molecule has 21 heavy (non-hydrogen) atoms. The highest BCUT2D eigenvalue weighted by molar-refractivity contribution is 5.85. The van der Waals surface area contributed by atoms with Crippen molar-refractivity contribution in [3.05, 3.63) is 52.9 Å². The van der Waals surface area contributed by atoms with Gasteiger partial charge in [0.1, 0.15) is 0 Å². The van der Waals surface area contributed by atoms with Crippen LogP contribution in [0, 0.1) is 6.92 Å². The molecule has 1 heterocycles. The van der Waals surface area contributed by atoms with Crippen LogP contribution in [0.25, 0.3) is 17.2 Å². The summed E-state index contributed by atoms with van der Waals surface area (Å²) in [5.41, 5.74) is 14.8. The first-order valence-electron chi connectivity index (χ1n) is 7.75. The Bertz CT molecular complexity index is 699. The van der Waals surface area contributed by atoms with Gasteiger partial charge in [-0.15, -0.1) is 0 Å². The van der Waals surface area contributed by atoms with Crippen LogP contribution in [0.2, 0.25) is 0 Å². The number of nitrogens with two attached hydrogens (primary N) is 1. The Hall–Kier alpha value is -2.09. The van der Waals surface area contributed by atoms with Crippen molar-refractivity contribution in [2.45, 2.75) is 39.5 Å². The van der Waals surface area contributed by atoms with Crippen molar-refractivity contribution in [3.63, 3.8) is 0 Å². The highest BCUT2D eigenvalue weighted by Crippen LogP contribution is 2.37. The SMILES string of the molecule is CC/C=C\c1c(-c2ccc3c(c2N)CCC3)ccnc1C. The van der Waals surface area contributed by atoms with E-state index in [1.807, 2.05) is 6.20 Å². The van der Waals surface area contributed by atoms with Gasteiger partial charge in [-0.2, -0.15) is 0 Å². The molecule has 0 amide bonds. The number of nitrogens with zero attached hydrogens (tertiary/aromatic N) is 1. The molecule has 1 aromatic carbocycles. The van der Waals surface area contributed by atoms with Gasteiger partial charge in [0.25, 0.3) is 0 Å². The number of hydrogen-bond donors (Lipinski definition) is 1. The lowest BCUT2D eigenvalue weighted by molar-refractivity contribution is 0.912. The van der Waals surface area contributed by atoms with Gasteiger partial charge >= 0.3 is 0 Å². The Morgan fingerprint density at radius 3 is 2.86 bits per heavy atom. The lowest BCUT2D eigenvalue weighted by atomic mass is 9.94. The summed E-state index contributed by atoms with van der Waals surface area (Å²) in [7, 11) is 0. The lowest BCUT2D eigenvalue weighted by Gasteiger charge is -2.14. The van der Waals surface area contributed by atoms with Gasteiger partial charge in [-0.1, -0.05) is 31.2 Å². The van der Waals surface area contributed by atoms with Gasteiger partial charge in [0.2, 0.25) is 0 Å². The quantitative estimate of drug-likeness (QED) is 0.836. The molecule has 0 aliphatic heterocycles. The largest absolute Gasteiger partial charge is 0.398 e. The fourth-order valence-electron chi connectivity index (χ4n) is 3.19. The first-order valence-corrected chi connectivity index (χ1v) is 7.75. The Balaban J connectivity index is 2.17. The number of fused-ring (bicyclic) bond motifs is 1. The highest BCUT2D eigenvalue weighted by atomic mass is 14.7. The van der Waals surface area contributed by atoms with Gasteiger partial charge in [-0.05, 0) is 55.4 Å². The number of rotatable bonds is 3. The highest BCUT2D eigenvalue weighted by Gasteiger charge is 2.18. The van der Waals surface area contributed by atoms with Crippen LogP contribution >= 0.6 is 0 Å². The average Bonchev–Trinajstić information content (AvgIpc) is 2.96. The second-order valence-corrected chi connectivity index (χ2v) is 5.69. The zero-order valence-corrected chi connectivity index (χ0v) is 12.8. The molecule has 0 fully saturated rings. The van der Waals surface area contributed by atoms with Gasteiger partial charge in [0.15, 0.2) is 0 Å². The fourth-order valence-corrected chi connectivity index (χ4v) is 3.19. The minimum Gasteiger partial charge on any atom is -0.398 e. The first kappa shape index (κ1) is 13.9. The van der Waals surface area contributed by atoms with Crippen molar-refractivity contribution < 1.29 is 0 Å². The molecule has 2 aromatic rings. The third-order valence-corrected chi connectivity index (χ3v) is 4.33. The Morgan fingerprint density at radius 2 is 2.05 bits per heavy atom. The monoisotopic (exact) mass is 278 g/mol. The van der Waals surface area contributed by atoms with Gasteiger partial charge < -0.3 is 5.73 Å². The van der Waals surface area contributed by atoms with Gasteiger partial charge in [0.05, 0.1) is 0 Å². The summed E-state index contributed by atoms with van der Waals surface area (Å²) < 4.78 is 0. The van der Waals surface area contributed by atoms with Gasteiger partial charge in [0, 0.05) is 28.7 Å². The number of benzene rings is 1. The molecule has 0 saturated heterocycles. The molecule has 3 rings (SSSR count). The maximum absolute atomic E-state index is 6.47. The molecule has 0 unspecified atom stereocenters. The van der Waals surface area contributed by atoms with Crippen molar-refractivity contribution in [3.8, 4) is 11.1 Å². The number of nitrogen functional groups attached to an aromatic ring is 1. The van der Waals surface area contributed by atoms with E-state index in [9.17, 15) is 0 Å². The van der Waals surface area contributed by atoms with E-state index in [0.29, 0.717) is 0 Å². The van der Waals surface area contributed by atoms with Gasteiger partial charge in [-0.3, -0.25) is 4.98 Å². The second-order valence-electron chi connectivity index (χ2n) is 5.69. The predicted molar refractivity (Wildman–Crippen MR) is 90.2 cm³/mol. The van der Waals surface area contributed by atoms with Crippen LogP contribution in [0.1, 0.15) is 42.1 Å². The molecular formula is C19H22N2. The van der Waals surface area contributed by atoms with E-state index in [1.54, 1.807) is 0 Å². The maximum atomic E-state index is 6.47. The minimum atomic E-state index is 0.960. The summed E-state index contributed by atoms with van der Waals surface area (Å²) >= 11 is 0. The van der Waals surface area contributed by atoms with E-state index in [2.05, 4.69) is 49.2 Å². The summed E-state index contributed by atoms with van der Waals surface area (Å²) in [6.07, 6.45) is 10.7. The van der Waals surface area contributed by atoms with Crippen molar-refractivity contribution in [1.82, 2.24) is 4.98 Å². The zero-order valence-electron chi connectivity index (χ0n) is 12.8. The predicted octanol–water partition coefficient (Wildman–Crippen LogP) is 4.55. The standard InChI is InChI=1S/C19H22N2/c1-3-4-7-15-13(2)21-12-11-17(15)18-10-9-14-6-5-8-16(14)19(18)20/h4,7,9-12H,3,5-6,8,20H2,1-2H3/b7-4-. The summed E-state index contributed by atoms with van der Waals surface area (Å²) in [4.78, 5) is 4.43. The summed E-state index contributed by atoms with van der Waals surface area (Å²) in [5, 5.41) is 0. The number of aromatic nitrogens is 1. The van der Waals surface area contributed by atoms with E-state index < -0.39 is 0 Å². The van der Waals surface area contributed by atoms with E-state index in [-0.39, 0.29) is 0 Å². The molecule has 2 nitrogen and oxygen atoms in total. The van der Waals surface area contributed by atoms with Crippen molar-refractivity contribution in [1.29, 1.82) is 0 Å². The van der Waals surface area contributed by atoms with Crippen LogP contribution in [0.3, 0.4) is 0 Å². The van der Waals surface area contributed by atoms with Gasteiger partial charge in [-0.25, -0.2) is 0 Å². The van der Waals surface area contributed by atoms with Crippen LogP contribution in [0.5, 0.6) is 0 Å². The Kier molecular flexibility index (Phi) is 3.78. The summed E-state index contributed by atoms with van der Waals surface area (Å²) in [5.74, 6) is 0. The molecular weight excluding hydrogens is 256 g/mol. The average molecular weight is 278 g/mol.